The lowest BCUT2D eigenvalue weighted by Crippen LogP contribution is -2.74. The topological polar surface area (TPSA) is 46.5 Å². The number of thiophene rings is 1. The summed E-state index contributed by atoms with van der Waals surface area (Å²) in [5.74, 6) is 0. The lowest BCUT2D eigenvalue weighted by Gasteiger charge is -2.35. The molecule has 0 bridgehead atoms. The first-order valence-electron chi connectivity index (χ1n) is 20.2. The molecule has 8 aromatic carbocycles. The quantitative estimate of drug-likeness (QED) is 0.124. The van der Waals surface area contributed by atoms with Crippen LogP contribution >= 0.6 is 11.3 Å². The maximum Gasteiger partial charge on any atom is 0.181 e. The average Bonchev–Trinajstić information content (AvgIpc) is 3.98. The van der Waals surface area contributed by atoms with Crippen molar-refractivity contribution in [3.8, 4) is 17.4 Å². The Morgan fingerprint density at radius 2 is 1.08 bits per heavy atom. The Morgan fingerprint density at radius 1 is 0.467 bits per heavy atom. The monoisotopic (exact) mass is 798 g/mol. The number of fused-ring (bicyclic) bond motifs is 10. The molecule has 0 radical (unpaired) electrons. The van der Waals surface area contributed by atoms with E-state index in [1.54, 1.807) is 0 Å². The maximum atomic E-state index is 11.0. The van der Waals surface area contributed by atoms with Crippen LogP contribution in [0.5, 0.6) is 0 Å². The molecule has 280 valence electrons. The van der Waals surface area contributed by atoms with Crippen molar-refractivity contribution in [2.24, 2.45) is 0 Å². The van der Waals surface area contributed by atoms with Crippen molar-refractivity contribution in [3.63, 3.8) is 0 Å². The Morgan fingerprint density at radius 3 is 1.83 bits per heavy atom. The highest BCUT2D eigenvalue weighted by Crippen LogP contribution is 2.42. The van der Waals surface area contributed by atoms with E-state index in [4.69, 9.17) is 4.98 Å². The third-order valence-electron chi connectivity index (χ3n) is 12.3. The summed E-state index contributed by atoms with van der Waals surface area (Å²) < 4.78 is 7.23. The Balaban J connectivity index is 1.22. The molecule has 60 heavy (non-hydrogen) atoms. The summed E-state index contributed by atoms with van der Waals surface area (Å²) in [5.41, 5.74) is 6.87. The number of nitrogens with zero attached hydrogens (tertiary/aromatic N) is 4. The van der Waals surface area contributed by atoms with E-state index in [9.17, 15) is 5.26 Å². The largest absolute Gasteiger partial charge is 0.309 e. The molecule has 0 atom stereocenters. The molecule has 0 aliphatic carbocycles. The van der Waals surface area contributed by atoms with Gasteiger partial charge in [-0.25, -0.2) is 4.98 Å². The van der Waals surface area contributed by atoms with Crippen molar-refractivity contribution in [1.29, 1.82) is 5.26 Å². The summed E-state index contributed by atoms with van der Waals surface area (Å²) in [6.07, 6.45) is 1.88. The van der Waals surface area contributed by atoms with Crippen molar-refractivity contribution in [2.75, 3.05) is 0 Å². The third kappa shape index (κ3) is 4.91. The first-order valence-corrected chi connectivity index (χ1v) is 23.0. The minimum absolute atomic E-state index is 0.631. The van der Waals surface area contributed by atoms with Crippen LogP contribution in [0.25, 0.3) is 75.3 Å². The lowest BCUT2D eigenvalue weighted by atomic mass is 10.1. The number of hydrogen-bond acceptors (Lipinski definition) is 3. The molecule has 12 aromatic rings. The van der Waals surface area contributed by atoms with Crippen LogP contribution in [-0.4, -0.2) is 22.2 Å². The first kappa shape index (κ1) is 34.5. The van der Waals surface area contributed by atoms with E-state index in [-0.39, 0.29) is 0 Å². The zero-order valence-electron chi connectivity index (χ0n) is 32.3. The minimum Gasteiger partial charge on any atom is -0.309 e. The predicted octanol–water partition coefficient (Wildman–Crippen LogP) is 10.9. The van der Waals surface area contributed by atoms with Gasteiger partial charge in [0, 0.05) is 59.3 Å². The Bertz CT molecular complexity index is 3630. The van der Waals surface area contributed by atoms with E-state index in [0.29, 0.717) is 5.56 Å². The number of nitriles is 1. The summed E-state index contributed by atoms with van der Waals surface area (Å²) >= 11 is 1.87. The SMILES string of the molecule is N#Cc1cc(-n2c3ccccc3c3c4c5cccnc5n(-c5ccccc5)c4ccc32)cc([Si](c2ccccc2)(c2ccccc2)c2cccc3c2sc2ccccc23)c1. The van der Waals surface area contributed by atoms with Crippen molar-refractivity contribution in [2.45, 2.75) is 0 Å². The molecule has 12 rings (SSSR count). The fourth-order valence-corrected chi connectivity index (χ4v) is 16.5. The summed E-state index contributed by atoms with van der Waals surface area (Å²) in [6.45, 7) is 0. The van der Waals surface area contributed by atoms with E-state index in [0.717, 1.165) is 49.5 Å². The van der Waals surface area contributed by atoms with Gasteiger partial charge in [0.1, 0.15) is 5.65 Å². The van der Waals surface area contributed by atoms with E-state index >= 15 is 0 Å². The van der Waals surface area contributed by atoms with Crippen LogP contribution in [0.2, 0.25) is 0 Å². The summed E-state index contributed by atoms with van der Waals surface area (Å²) in [5, 5.41) is 23.1. The summed E-state index contributed by atoms with van der Waals surface area (Å²) in [6, 6.07) is 74.9. The van der Waals surface area contributed by atoms with Gasteiger partial charge in [0.2, 0.25) is 0 Å². The molecule has 0 saturated carbocycles. The molecule has 4 heterocycles. The van der Waals surface area contributed by atoms with Crippen LogP contribution < -0.4 is 20.7 Å². The molecular formula is C54H34N4SSi. The zero-order valence-corrected chi connectivity index (χ0v) is 34.1. The van der Waals surface area contributed by atoms with E-state index in [1.165, 1.54) is 46.5 Å². The van der Waals surface area contributed by atoms with E-state index < -0.39 is 8.07 Å². The van der Waals surface area contributed by atoms with Crippen LogP contribution in [0.1, 0.15) is 5.56 Å². The highest BCUT2D eigenvalue weighted by Gasteiger charge is 2.43. The number of para-hydroxylation sites is 2. The summed E-state index contributed by atoms with van der Waals surface area (Å²) in [7, 11) is -3.13. The van der Waals surface area contributed by atoms with Gasteiger partial charge in [0.05, 0.1) is 28.2 Å². The van der Waals surface area contributed by atoms with E-state index in [2.05, 4.69) is 209 Å². The van der Waals surface area contributed by atoms with Gasteiger partial charge in [-0.15, -0.1) is 11.3 Å². The number of rotatable bonds is 6. The molecule has 0 aliphatic heterocycles. The summed E-state index contributed by atoms with van der Waals surface area (Å²) in [4.78, 5) is 4.96. The van der Waals surface area contributed by atoms with Gasteiger partial charge < -0.3 is 4.57 Å². The fourth-order valence-electron chi connectivity index (χ4n) is 9.92. The van der Waals surface area contributed by atoms with Gasteiger partial charge in [-0.2, -0.15) is 5.26 Å². The molecule has 0 saturated heterocycles. The molecule has 0 amide bonds. The standard InChI is InChI=1S/C54H34N4SSi/c55-35-36-32-38(57-46-26-12-10-23-44(46)51-47(57)29-30-48-52(51)45-25-15-31-56-54(45)58(48)37-16-4-1-5-17-37)34-41(33-36)60(39-18-6-2-7-19-39,40-20-8-3-9-21-40)50-28-14-24-43-42-22-11-13-27-49(42)59-53(43)50/h1-34H. The predicted molar refractivity (Wildman–Crippen MR) is 254 cm³/mol. The minimum atomic E-state index is -3.13. The van der Waals surface area contributed by atoms with Gasteiger partial charge in [-0.1, -0.05) is 133 Å². The highest BCUT2D eigenvalue weighted by atomic mass is 32.1. The smallest absolute Gasteiger partial charge is 0.181 e. The molecule has 0 N–H and O–H groups in total. The zero-order chi connectivity index (χ0) is 39.8. The maximum absolute atomic E-state index is 11.0. The molecule has 4 aromatic heterocycles. The highest BCUT2D eigenvalue weighted by molar-refractivity contribution is 7.30. The van der Waals surface area contributed by atoms with Crippen LogP contribution in [0, 0.1) is 11.3 Å². The Labute approximate surface area is 351 Å². The molecule has 6 heteroatoms. The molecular weight excluding hydrogens is 765 g/mol. The van der Waals surface area contributed by atoms with Crippen LogP contribution in [0.4, 0.5) is 0 Å². The second-order valence-electron chi connectivity index (χ2n) is 15.4. The molecule has 0 aliphatic rings. The number of pyridine rings is 1. The van der Waals surface area contributed by atoms with Gasteiger partial charge >= 0.3 is 0 Å². The average molecular weight is 799 g/mol. The second-order valence-corrected chi connectivity index (χ2v) is 20.2. The van der Waals surface area contributed by atoms with Crippen LogP contribution in [0.3, 0.4) is 0 Å². The first-order chi connectivity index (χ1) is 29.7. The van der Waals surface area contributed by atoms with Crippen molar-refractivity contribution >= 4 is 104 Å². The molecule has 0 spiro atoms. The second kappa shape index (κ2) is 13.5. The van der Waals surface area contributed by atoms with Gasteiger partial charge in [0.15, 0.2) is 8.07 Å². The van der Waals surface area contributed by atoms with E-state index in [1.807, 2.05) is 23.6 Å². The number of benzene rings is 8. The Kier molecular flexibility index (Phi) is 7.76. The molecule has 4 nitrogen and oxygen atoms in total. The van der Waals surface area contributed by atoms with Crippen LogP contribution in [-0.2, 0) is 0 Å². The fraction of sp³-hybridized carbons (Fsp3) is 0. The van der Waals surface area contributed by atoms with Gasteiger partial charge in [0.25, 0.3) is 0 Å². The normalized spacial score (nSPS) is 12.0. The molecule has 0 fully saturated rings. The van der Waals surface area contributed by atoms with Crippen LogP contribution in [0.15, 0.2) is 206 Å². The van der Waals surface area contributed by atoms with Gasteiger partial charge in [-0.05, 0) is 87.5 Å². The lowest BCUT2D eigenvalue weighted by molar-refractivity contribution is 1.13. The number of aromatic nitrogens is 3. The van der Waals surface area contributed by atoms with Crippen molar-refractivity contribution in [3.05, 3.63) is 212 Å². The Hall–Kier alpha value is -7.56. The van der Waals surface area contributed by atoms with Gasteiger partial charge in [-0.3, -0.25) is 4.57 Å². The third-order valence-corrected chi connectivity index (χ3v) is 18.5. The molecule has 0 unspecified atom stereocenters. The number of hydrogen-bond donors (Lipinski definition) is 0. The van der Waals surface area contributed by atoms with Crippen molar-refractivity contribution < 1.29 is 0 Å². The van der Waals surface area contributed by atoms with Crippen molar-refractivity contribution in [1.82, 2.24) is 14.1 Å².